The largest absolute Gasteiger partial charge is 0.486 e. The number of fused-ring (bicyclic) bond motifs is 1. The van der Waals surface area contributed by atoms with Crippen molar-refractivity contribution in [1.82, 2.24) is 20.2 Å². The van der Waals surface area contributed by atoms with Gasteiger partial charge in [-0.1, -0.05) is 23.7 Å². The van der Waals surface area contributed by atoms with Gasteiger partial charge in [0.05, 0.1) is 11.0 Å². The van der Waals surface area contributed by atoms with Gasteiger partial charge in [0.25, 0.3) is 0 Å². The third-order valence-electron chi connectivity index (χ3n) is 4.04. The number of benzene rings is 2. The Morgan fingerprint density at radius 2 is 1.79 bits per heavy atom. The number of halogens is 1. The molecule has 3 rings (SSSR count). The molecule has 0 unspecified atom stereocenters. The standard InChI is InChI=1S/C20H21ClN4O3/c1-14(26)22-10-11-23-20(27)12-25-18-5-3-2-4-17(18)24-19(25)13-28-16-8-6-15(21)7-9-16/h2-9H,10-13H2,1H3,(H,22,26)(H,23,27). The Labute approximate surface area is 167 Å². The first-order valence-corrected chi connectivity index (χ1v) is 9.24. The lowest BCUT2D eigenvalue weighted by Gasteiger charge is -2.11. The Hall–Kier alpha value is -3.06. The molecule has 146 valence electrons. The summed E-state index contributed by atoms with van der Waals surface area (Å²) in [5, 5.41) is 6.07. The molecule has 0 aliphatic carbocycles. The van der Waals surface area contributed by atoms with Gasteiger partial charge in [-0.3, -0.25) is 9.59 Å². The van der Waals surface area contributed by atoms with Crippen LogP contribution in [0.5, 0.6) is 5.75 Å². The van der Waals surface area contributed by atoms with Crippen molar-refractivity contribution in [3.63, 3.8) is 0 Å². The van der Waals surface area contributed by atoms with E-state index in [0.717, 1.165) is 11.0 Å². The van der Waals surface area contributed by atoms with E-state index in [4.69, 9.17) is 16.3 Å². The number of imidazole rings is 1. The average Bonchev–Trinajstić information content (AvgIpc) is 3.02. The first-order chi connectivity index (χ1) is 13.5. The Bertz CT molecular complexity index is 969. The third kappa shape index (κ3) is 5.23. The number of ether oxygens (including phenoxy) is 1. The number of amides is 2. The van der Waals surface area contributed by atoms with E-state index in [9.17, 15) is 9.59 Å². The van der Waals surface area contributed by atoms with Gasteiger partial charge >= 0.3 is 0 Å². The zero-order valence-electron chi connectivity index (χ0n) is 15.4. The summed E-state index contributed by atoms with van der Waals surface area (Å²) in [7, 11) is 0. The lowest BCUT2D eigenvalue weighted by atomic mass is 10.3. The van der Waals surface area contributed by atoms with E-state index in [0.29, 0.717) is 29.7 Å². The number of aromatic nitrogens is 2. The summed E-state index contributed by atoms with van der Waals surface area (Å²) in [4.78, 5) is 27.8. The summed E-state index contributed by atoms with van der Waals surface area (Å²) in [5.74, 6) is 1.02. The van der Waals surface area contributed by atoms with E-state index in [2.05, 4.69) is 15.6 Å². The number of nitrogens with one attached hydrogen (secondary N) is 2. The molecular weight excluding hydrogens is 380 g/mol. The fourth-order valence-corrected chi connectivity index (χ4v) is 2.86. The van der Waals surface area contributed by atoms with Crippen molar-refractivity contribution >= 4 is 34.4 Å². The highest BCUT2D eigenvalue weighted by atomic mass is 35.5. The van der Waals surface area contributed by atoms with Crippen LogP contribution in [0.2, 0.25) is 5.02 Å². The highest BCUT2D eigenvalue weighted by Crippen LogP contribution is 2.19. The molecule has 0 spiro atoms. The van der Waals surface area contributed by atoms with E-state index < -0.39 is 0 Å². The van der Waals surface area contributed by atoms with Crippen LogP contribution in [0.15, 0.2) is 48.5 Å². The number of carbonyl (C=O) groups is 2. The zero-order chi connectivity index (χ0) is 19.9. The van der Waals surface area contributed by atoms with Crippen LogP contribution >= 0.6 is 11.6 Å². The van der Waals surface area contributed by atoms with Gasteiger partial charge in [-0.05, 0) is 36.4 Å². The van der Waals surface area contributed by atoms with Gasteiger partial charge in [0.2, 0.25) is 11.8 Å². The Morgan fingerprint density at radius 3 is 2.54 bits per heavy atom. The minimum Gasteiger partial charge on any atom is -0.486 e. The molecule has 0 saturated carbocycles. The first kappa shape index (κ1) is 19.7. The van der Waals surface area contributed by atoms with Crippen molar-refractivity contribution in [2.45, 2.75) is 20.1 Å². The van der Waals surface area contributed by atoms with E-state index in [1.165, 1.54) is 6.92 Å². The Kier molecular flexibility index (Phi) is 6.49. The normalized spacial score (nSPS) is 10.6. The number of rotatable bonds is 8. The maximum atomic E-state index is 12.3. The molecular formula is C20H21ClN4O3. The Balaban J connectivity index is 1.70. The second kappa shape index (κ2) is 9.23. The molecule has 1 aromatic heterocycles. The second-order valence-electron chi connectivity index (χ2n) is 6.18. The van der Waals surface area contributed by atoms with Crippen molar-refractivity contribution < 1.29 is 14.3 Å². The average molecular weight is 401 g/mol. The van der Waals surface area contributed by atoms with Crippen molar-refractivity contribution in [2.75, 3.05) is 13.1 Å². The Morgan fingerprint density at radius 1 is 1.07 bits per heavy atom. The summed E-state index contributed by atoms with van der Waals surface area (Å²) in [6.07, 6.45) is 0. The molecule has 2 N–H and O–H groups in total. The first-order valence-electron chi connectivity index (χ1n) is 8.86. The number of carbonyl (C=O) groups excluding carboxylic acids is 2. The van der Waals surface area contributed by atoms with Gasteiger partial charge in [-0.25, -0.2) is 4.98 Å². The monoisotopic (exact) mass is 400 g/mol. The lowest BCUT2D eigenvalue weighted by molar-refractivity contribution is -0.122. The number of hydrogen-bond acceptors (Lipinski definition) is 4. The van der Waals surface area contributed by atoms with Crippen molar-refractivity contribution in [1.29, 1.82) is 0 Å². The van der Waals surface area contributed by atoms with Crippen LogP contribution in [-0.4, -0.2) is 34.5 Å². The molecule has 0 radical (unpaired) electrons. The predicted octanol–water partition coefficient (Wildman–Crippen LogP) is 2.52. The number of nitrogens with zero attached hydrogens (tertiary/aromatic N) is 2. The maximum absolute atomic E-state index is 12.3. The van der Waals surface area contributed by atoms with Crippen molar-refractivity contribution in [3.8, 4) is 5.75 Å². The summed E-state index contributed by atoms with van der Waals surface area (Å²) in [5.41, 5.74) is 1.65. The van der Waals surface area contributed by atoms with Crippen LogP contribution in [0.3, 0.4) is 0 Å². The molecule has 0 bridgehead atoms. The molecule has 3 aromatic rings. The van der Waals surface area contributed by atoms with Crippen molar-refractivity contribution in [2.24, 2.45) is 0 Å². The zero-order valence-corrected chi connectivity index (χ0v) is 16.2. The molecule has 2 amide bonds. The van der Waals surface area contributed by atoms with Gasteiger partial charge in [0, 0.05) is 25.0 Å². The molecule has 2 aromatic carbocycles. The SMILES string of the molecule is CC(=O)NCCNC(=O)Cn1c(COc2ccc(Cl)cc2)nc2ccccc21. The van der Waals surface area contributed by atoms with Gasteiger partial charge < -0.3 is 19.9 Å². The van der Waals surface area contributed by atoms with Crippen LogP contribution in [0.25, 0.3) is 11.0 Å². The fourth-order valence-electron chi connectivity index (χ4n) is 2.73. The molecule has 0 aliphatic rings. The predicted molar refractivity (Wildman–Crippen MR) is 107 cm³/mol. The number of hydrogen-bond donors (Lipinski definition) is 2. The van der Waals surface area contributed by atoms with Gasteiger partial charge in [0.15, 0.2) is 0 Å². The van der Waals surface area contributed by atoms with E-state index >= 15 is 0 Å². The minimum atomic E-state index is -0.166. The molecule has 0 aliphatic heterocycles. The maximum Gasteiger partial charge on any atom is 0.240 e. The number of para-hydroxylation sites is 2. The minimum absolute atomic E-state index is 0.111. The van der Waals surface area contributed by atoms with Crippen molar-refractivity contribution in [3.05, 3.63) is 59.4 Å². The van der Waals surface area contributed by atoms with E-state index in [-0.39, 0.29) is 25.0 Å². The topological polar surface area (TPSA) is 85.2 Å². The van der Waals surface area contributed by atoms with Crippen LogP contribution in [-0.2, 0) is 22.7 Å². The fraction of sp³-hybridized carbons (Fsp3) is 0.250. The molecule has 1 heterocycles. The molecule has 0 atom stereocenters. The van der Waals surface area contributed by atoms with Gasteiger partial charge in [0.1, 0.15) is 24.7 Å². The summed E-state index contributed by atoms with van der Waals surface area (Å²) in [6, 6.07) is 14.7. The summed E-state index contributed by atoms with van der Waals surface area (Å²) in [6.45, 7) is 2.52. The van der Waals surface area contributed by atoms with Gasteiger partial charge in [-0.15, -0.1) is 0 Å². The van der Waals surface area contributed by atoms with E-state index in [1.54, 1.807) is 24.3 Å². The summed E-state index contributed by atoms with van der Waals surface area (Å²) >= 11 is 5.89. The lowest BCUT2D eigenvalue weighted by Crippen LogP contribution is -2.35. The highest BCUT2D eigenvalue weighted by Gasteiger charge is 2.14. The van der Waals surface area contributed by atoms with Crippen LogP contribution in [0, 0.1) is 0 Å². The van der Waals surface area contributed by atoms with Gasteiger partial charge in [-0.2, -0.15) is 0 Å². The highest BCUT2D eigenvalue weighted by molar-refractivity contribution is 6.30. The quantitative estimate of drug-likeness (QED) is 0.569. The van der Waals surface area contributed by atoms with Crippen LogP contribution < -0.4 is 15.4 Å². The summed E-state index contributed by atoms with van der Waals surface area (Å²) < 4.78 is 7.63. The molecule has 7 nitrogen and oxygen atoms in total. The molecule has 8 heteroatoms. The molecule has 28 heavy (non-hydrogen) atoms. The third-order valence-corrected chi connectivity index (χ3v) is 4.29. The molecule has 0 saturated heterocycles. The second-order valence-corrected chi connectivity index (χ2v) is 6.61. The van der Waals surface area contributed by atoms with Crippen LogP contribution in [0.4, 0.5) is 0 Å². The smallest absolute Gasteiger partial charge is 0.240 e. The van der Waals surface area contributed by atoms with E-state index in [1.807, 2.05) is 28.8 Å². The van der Waals surface area contributed by atoms with Crippen LogP contribution in [0.1, 0.15) is 12.7 Å². The molecule has 0 fully saturated rings.